The van der Waals surface area contributed by atoms with Gasteiger partial charge in [0.25, 0.3) is 5.91 Å². The zero-order chi connectivity index (χ0) is 20.1. The zero-order valence-electron chi connectivity index (χ0n) is 15.4. The van der Waals surface area contributed by atoms with Gasteiger partial charge in [0, 0.05) is 17.4 Å². The van der Waals surface area contributed by atoms with E-state index in [1.807, 2.05) is 66.0 Å². The number of halogens is 1. The molecule has 2 aromatic carbocycles. The van der Waals surface area contributed by atoms with Gasteiger partial charge in [-0.3, -0.25) is 9.48 Å². The van der Waals surface area contributed by atoms with Crippen LogP contribution < -0.4 is 10.1 Å². The van der Waals surface area contributed by atoms with Gasteiger partial charge in [0.15, 0.2) is 0 Å². The van der Waals surface area contributed by atoms with E-state index in [0.29, 0.717) is 23.1 Å². The summed E-state index contributed by atoms with van der Waals surface area (Å²) >= 11 is 7.29. The number of amides is 1. The van der Waals surface area contributed by atoms with E-state index >= 15 is 0 Å². The van der Waals surface area contributed by atoms with Crippen molar-refractivity contribution in [3.63, 3.8) is 0 Å². The summed E-state index contributed by atoms with van der Waals surface area (Å²) in [4.78, 5) is 13.2. The van der Waals surface area contributed by atoms with Gasteiger partial charge in [-0.15, -0.1) is 11.3 Å². The molecule has 0 saturated carbocycles. The lowest BCUT2D eigenvalue weighted by Gasteiger charge is -2.06. The van der Waals surface area contributed by atoms with E-state index in [4.69, 9.17) is 16.3 Å². The average Bonchev–Trinajstić information content (AvgIpc) is 3.38. The fraction of sp³-hybridized carbons (Fsp3) is 0.0909. The number of para-hydroxylation sites is 1. The minimum Gasteiger partial charge on any atom is -0.489 e. The first-order valence-electron chi connectivity index (χ1n) is 8.99. The highest BCUT2D eigenvalue weighted by Gasteiger charge is 2.10. The third-order valence-corrected chi connectivity index (χ3v) is 5.36. The van der Waals surface area contributed by atoms with Crippen LogP contribution >= 0.6 is 22.9 Å². The number of nitrogens with zero attached hydrogens (tertiary/aromatic N) is 2. The first-order chi connectivity index (χ1) is 14.2. The molecule has 2 aromatic heterocycles. The Morgan fingerprint density at radius 2 is 1.90 bits per heavy atom. The third kappa shape index (κ3) is 5.25. The fourth-order valence-electron chi connectivity index (χ4n) is 2.75. The van der Waals surface area contributed by atoms with Crippen LogP contribution in [0.5, 0.6) is 5.75 Å². The van der Waals surface area contributed by atoms with Crippen LogP contribution in [0.3, 0.4) is 0 Å². The second kappa shape index (κ2) is 8.94. The maximum atomic E-state index is 12.5. The Labute approximate surface area is 177 Å². The normalized spacial score (nSPS) is 10.7. The molecule has 0 saturated heterocycles. The molecule has 0 aliphatic heterocycles. The Morgan fingerprint density at radius 3 is 2.62 bits per heavy atom. The molecular weight excluding hydrogens is 406 g/mol. The molecule has 0 spiro atoms. The van der Waals surface area contributed by atoms with Gasteiger partial charge < -0.3 is 10.1 Å². The first kappa shape index (κ1) is 19.2. The van der Waals surface area contributed by atoms with Gasteiger partial charge in [0.05, 0.1) is 22.6 Å². The number of ether oxygens (including phenoxy) is 1. The van der Waals surface area contributed by atoms with Gasteiger partial charge >= 0.3 is 0 Å². The third-order valence-electron chi connectivity index (χ3n) is 4.18. The van der Waals surface area contributed by atoms with Gasteiger partial charge in [0.2, 0.25) is 0 Å². The number of rotatable bonds is 7. The zero-order valence-corrected chi connectivity index (χ0v) is 17.0. The van der Waals surface area contributed by atoms with Crippen LogP contribution in [0.2, 0.25) is 5.02 Å². The number of carbonyl (C=O) groups is 1. The standard InChI is InChI=1S/C22H18ClN3O2S/c23-18-11-24-26(13-18)12-16-6-8-19(9-7-16)25-22(27)21-10-17(15-29-21)14-28-20-4-2-1-3-5-20/h1-11,13,15H,12,14H2,(H,25,27). The number of hydrogen-bond acceptors (Lipinski definition) is 4. The molecule has 0 aliphatic carbocycles. The topological polar surface area (TPSA) is 56.2 Å². The molecule has 29 heavy (non-hydrogen) atoms. The molecule has 0 fully saturated rings. The molecule has 7 heteroatoms. The van der Waals surface area contributed by atoms with Crippen molar-refractivity contribution in [2.24, 2.45) is 0 Å². The van der Waals surface area contributed by atoms with Crippen molar-refractivity contribution in [1.82, 2.24) is 9.78 Å². The molecular formula is C22H18ClN3O2S. The minimum atomic E-state index is -0.132. The van der Waals surface area contributed by atoms with E-state index in [1.165, 1.54) is 11.3 Å². The Balaban J connectivity index is 1.32. The van der Waals surface area contributed by atoms with Crippen LogP contribution in [0.25, 0.3) is 0 Å². The Kier molecular flexibility index (Phi) is 5.93. The predicted octanol–water partition coefficient (Wildman–Crippen LogP) is 5.48. The SMILES string of the molecule is O=C(Nc1ccc(Cn2cc(Cl)cn2)cc1)c1cc(COc2ccccc2)cs1. The predicted molar refractivity (Wildman–Crippen MR) is 116 cm³/mol. The number of nitrogens with one attached hydrogen (secondary N) is 1. The Hall–Kier alpha value is -3.09. The lowest BCUT2D eigenvalue weighted by atomic mass is 10.2. The summed E-state index contributed by atoms with van der Waals surface area (Å²) in [5, 5.41) is 9.64. The van der Waals surface area contributed by atoms with Crippen molar-refractivity contribution in [2.45, 2.75) is 13.2 Å². The summed E-state index contributed by atoms with van der Waals surface area (Å²) in [6.45, 7) is 1.05. The van der Waals surface area contributed by atoms with E-state index in [9.17, 15) is 4.79 Å². The molecule has 0 unspecified atom stereocenters. The summed E-state index contributed by atoms with van der Waals surface area (Å²) in [7, 11) is 0. The summed E-state index contributed by atoms with van der Waals surface area (Å²) in [6.07, 6.45) is 3.38. The van der Waals surface area contributed by atoms with Crippen molar-refractivity contribution >= 4 is 34.5 Å². The van der Waals surface area contributed by atoms with Crippen molar-refractivity contribution in [1.29, 1.82) is 0 Å². The molecule has 5 nitrogen and oxygen atoms in total. The number of benzene rings is 2. The first-order valence-corrected chi connectivity index (χ1v) is 10.2. The number of anilines is 1. The minimum absolute atomic E-state index is 0.132. The Bertz CT molecular complexity index is 1090. The molecule has 0 aliphatic rings. The molecule has 4 rings (SSSR count). The van der Waals surface area contributed by atoms with Crippen molar-refractivity contribution in [3.05, 3.63) is 99.5 Å². The maximum absolute atomic E-state index is 12.5. The molecule has 1 N–H and O–H groups in total. The summed E-state index contributed by atoms with van der Waals surface area (Å²) in [5.41, 5.74) is 2.78. The molecule has 0 radical (unpaired) electrons. The van der Waals surface area contributed by atoms with E-state index in [2.05, 4.69) is 10.4 Å². The monoisotopic (exact) mass is 423 g/mol. The van der Waals surface area contributed by atoms with Gasteiger partial charge in [-0.25, -0.2) is 0 Å². The smallest absolute Gasteiger partial charge is 0.265 e. The molecule has 146 valence electrons. The quantitative estimate of drug-likeness (QED) is 0.428. The van der Waals surface area contributed by atoms with Crippen molar-refractivity contribution in [2.75, 3.05) is 5.32 Å². The number of carbonyl (C=O) groups excluding carboxylic acids is 1. The van der Waals surface area contributed by atoms with Crippen LogP contribution in [0, 0.1) is 0 Å². The van der Waals surface area contributed by atoms with Crippen molar-refractivity contribution in [3.8, 4) is 5.75 Å². The molecule has 4 aromatic rings. The van der Waals surface area contributed by atoms with E-state index in [-0.39, 0.29) is 5.91 Å². The average molecular weight is 424 g/mol. The van der Waals surface area contributed by atoms with E-state index < -0.39 is 0 Å². The van der Waals surface area contributed by atoms with Crippen LogP contribution in [0.15, 0.2) is 78.4 Å². The maximum Gasteiger partial charge on any atom is 0.265 e. The van der Waals surface area contributed by atoms with E-state index in [1.54, 1.807) is 17.1 Å². The number of aromatic nitrogens is 2. The summed E-state index contributed by atoms with van der Waals surface area (Å²) in [5.74, 6) is 0.676. The number of thiophene rings is 1. The highest BCUT2D eigenvalue weighted by molar-refractivity contribution is 7.12. The highest BCUT2D eigenvalue weighted by atomic mass is 35.5. The largest absolute Gasteiger partial charge is 0.489 e. The lowest BCUT2D eigenvalue weighted by Crippen LogP contribution is -2.10. The van der Waals surface area contributed by atoms with E-state index in [0.717, 1.165) is 22.6 Å². The Morgan fingerprint density at radius 1 is 1.10 bits per heavy atom. The van der Waals surface area contributed by atoms with Gasteiger partial charge in [-0.1, -0.05) is 41.9 Å². The highest BCUT2D eigenvalue weighted by Crippen LogP contribution is 2.20. The van der Waals surface area contributed by atoms with Crippen LogP contribution in [-0.2, 0) is 13.2 Å². The molecule has 0 atom stereocenters. The van der Waals surface area contributed by atoms with Crippen molar-refractivity contribution < 1.29 is 9.53 Å². The fourth-order valence-corrected chi connectivity index (χ4v) is 3.70. The van der Waals surface area contributed by atoms with Crippen LogP contribution in [-0.4, -0.2) is 15.7 Å². The van der Waals surface area contributed by atoms with Gasteiger partial charge in [0.1, 0.15) is 12.4 Å². The van der Waals surface area contributed by atoms with Crippen LogP contribution in [0.1, 0.15) is 20.8 Å². The molecule has 1 amide bonds. The van der Waals surface area contributed by atoms with Gasteiger partial charge in [-0.2, -0.15) is 5.10 Å². The van der Waals surface area contributed by atoms with Crippen LogP contribution in [0.4, 0.5) is 5.69 Å². The van der Waals surface area contributed by atoms with Gasteiger partial charge in [-0.05, 0) is 41.3 Å². The molecule has 2 heterocycles. The molecule has 0 bridgehead atoms. The summed E-state index contributed by atoms with van der Waals surface area (Å²) < 4.78 is 7.49. The number of hydrogen-bond donors (Lipinski definition) is 1. The lowest BCUT2D eigenvalue weighted by molar-refractivity contribution is 0.103. The summed E-state index contributed by atoms with van der Waals surface area (Å²) in [6, 6.07) is 19.1. The second-order valence-electron chi connectivity index (χ2n) is 6.43. The second-order valence-corrected chi connectivity index (χ2v) is 7.78.